The van der Waals surface area contributed by atoms with Crippen LogP contribution in [0, 0.1) is 0 Å². The van der Waals surface area contributed by atoms with Gasteiger partial charge >= 0.3 is 0 Å². The number of ether oxygens (including phenoxy) is 2. The van der Waals surface area contributed by atoms with Gasteiger partial charge in [0.25, 0.3) is 0 Å². The van der Waals surface area contributed by atoms with Crippen LogP contribution >= 0.6 is 0 Å². The number of amides is 2. The van der Waals surface area contributed by atoms with Gasteiger partial charge < -0.3 is 20.1 Å². The standard InChI is InChI=1S/C14H25N3O4/c1-3-20-9-5-7-16-13(18)11-15-12-14(19)17-8-6-10-21-4-2/h3-4,15H,1-2,5-12H2,(H,16,18)(H,17,19). The van der Waals surface area contributed by atoms with E-state index in [2.05, 4.69) is 29.1 Å². The molecule has 0 radical (unpaired) electrons. The van der Waals surface area contributed by atoms with Crippen LogP contribution in [0.3, 0.4) is 0 Å². The van der Waals surface area contributed by atoms with Crippen molar-refractivity contribution >= 4 is 11.8 Å². The van der Waals surface area contributed by atoms with Crippen LogP contribution in [0.15, 0.2) is 25.7 Å². The first-order valence-corrected chi connectivity index (χ1v) is 6.89. The Morgan fingerprint density at radius 2 is 1.29 bits per heavy atom. The van der Waals surface area contributed by atoms with Gasteiger partial charge in [0.1, 0.15) is 0 Å². The van der Waals surface area contributed by atoms with Gasteiger partial charge in [-0.25, -0.2) is 0 Å². The van der Waals surface area contributed by atoms with E-state index < -0.39 is 0 Å². The van der Waals surface area contributed by atoms with E-state index in [1.54, 1.807) is 0 Å². The molecule has 0 aromatic heterocycles. The molecule has 0 rings (SSSR count). The van der Waals surface area contributed by atoms with Crippen molar-refractivity contribution in [2.45, 2.75) is 12.8 Å². The molecular formula is C14H25N3O4. The van der Waals surface area contributed by atoms with Crippen LogP contribution in [-0.4, -0.2) is 51.2 Å². The summed E-state index contributed by atoms with van der Waals surface area (Å²) < 4.78 is 9.84. The Balaban J connectivity index is 3.38. The molecule has 0 saturated carbocycles. The van der Waals surface area contributed by atoms with E-state index >= 15 is 0 Å². The second kappa shape index (κ2) is 14.4. The van der Waals surface area contributed by atoms with E-state index in [1.165, 1.54) is 12.5 Å². The topological polar surface area (TPSA) is 88.7 Å². The third-order valence-corrected chi connectivity index (χ3v) is 2.33. The van der Waals surface area contributed by atoms with Gasteiger partial charge in [-0.05, 0) is 12.8 Å². The first-order chi connectivity index (χ1) is 10.2. The molecule has 0 spiro atoms. The number of nitrogens with one attached hydrogen (secondary N) is 3. The van der Waals surface area contributed by atoms with Gasteiger partial charge in [-0.2, -0.15) is 0 Å². The van der Waals surface area contributed by atoms with Crippen molar-refractivity contribution in [1.29, 1.82) is 0 Å². The van der Waals surface area contributed by atoms with Crippen LogP contribution in [-0.2, 0) is 19.1 Å². The maximum Gasteiger partial charge on any atom is 0.233 e. The lowest BCUT2D eigenvalue weighted by Crippen LogP contribution is -2.40. The van der Waals surface area contributed by atoms with E-state index in [0.717, 1.165) is 0 Å². The third kappa shape index (κ3) is 14.2. The molecule has 0 aliphatic heterocycles. The van der Waals surface area contributed by atoms with Gasteiger partial charge in [0.15, 0.2) is 0 Å². The highest BCUT2D eigenvalue weighted by Gasteiger charge is 2.03. The lowest BCUT2D eigenvalue weighted by molar-refractivity contribution is -0.121. The number of hydrogen-bond donors (Lipinski definition) is 3. The molecule has 21 heavy (non-hydrogen) atoms. The fourth-order valence-corrected chi connectivity index (χ4v) is 1.35. The van der Waals surface area contributed by atoms with Gasteiger partial charge in [-0.1, -0.05) is 13.2 Å². The molecule has 0 aliphatic carbocycles. The maximum atomic E-state index is 11.4. The highest BCUT2D eigenvalue weighted by molar-refractivity contribution is 5.81. The van der Waals surface area contributed by atoms with Gasteiger partial charge in [-0.15, -0.1) is 0 Å². The Hall–Kier alpha value is -2.02. The predicted octanol–water partition coefficient (Wildman–Crippen LogP) is -0.0912. The largest absolute Gasteiger partial charge is 0.502 e. The lowest BCUT2D eigenvalue weighted by atomic mass is 10.4. The summed E-state index contributed by atoms with van der Waals surface area (Å²) in [5, 5.41) is 8.19. The Kier molecular flexibility index (Phi) is 13.0. The zero-order chi connectivity index (χ0) is 15.8. The molecule has 3 N–H and O–H groups in total. The molecule has 0 atom stereocenters. The van der Waals surface area contributed by atoms with Crippen molar-refractivity contribution in [3.8, 4) is 0 Å². The van der Waals surface area contributed by atoms with Crippen LogP contribution in [0.25, 0.3) is 0 Å². The lowest BCUT2D eigenvalue weighted by Gasteiger charge is -2.07. The fourth-order valence-electron chi connectivity index (χ4n) is 1.35. The summed E-state index contributed by atoms with van der Waals surface area (Å²) in [6.07, 6.45) is 4.16. The first kappa shape index (κ1) is 19.0. The molecule has 0 aromatic rings. The van der Waals surface area contributed by atoms with Crippen LogP contribution in [0.4, 0.5) is 0 Å². The summed E-state index contributed by atoms with van der Waals surface area (Å²) in [6, 6.07) is 0. The second-order valence-electron chi connectivity index (χ2n) is 4.09. The van der Waals surface area contributed by atoms with Crippen molar-refractivity contribution in [2.75, 3.05) is 39.4 Å². The second-order valence-corrected chi connectivity index (χ2v) is 4.09. The van der Waals surface area contributed by atoms with Crippen LogP contribution in [0.5, 0.6) is 0 Å². The fraction of sp³-hybridized carbons (Fsp3) is 0.571. The van der Waals surface area contributed by atoms with Crippen molar-refractivity contribution in [3.05, 3.63) is 25.7 Å². The van der Waals surface area contributed by atoms with Crippen molar-refractivity contribution < 1.29 is 19.1 Å². The van der Waals surface area contributed by atoms with E-state index in [4.69, 9.17) is 9.47 Å². The van der Waals surface area contributed by atoms with E-state index in [1.807, 2.05) is 0 Å². The third-order valence-electron chi connectivity index (χ3n) is 2.33. The molecule has 0 unspecified atom stereocenters. The van der Waals surface area contributed by atoms with Gasteiger partial charge in [-0.3, -0.25) is 14.9 Å². The monoisotopic (exact) mass is 299 g/mol. The molecule has 0 fully saturated rings. The Bertz CT molecular complexity index is 291. The number of hydrogen-bond acceptors (Lipinski definition) is 5. The smallest absolute Gasteiger partial charge is 0.233 e. The molecule has 120 valence electrons. The van der Waals surface area contributed by atoms with Crippen molar-refractivity contribution in [2.24, 2.45) is 0 Å². The number of rotatable bonds is 14. The van der Waals surface area contributed by atoms with E-state index in [9.17, 15) is 9.59 Å². The number of carbonyl (C=O) groups is 2. The summed E-state index contributed by atoms with van der Waals surface area (Å²) in [5.41, 5.74) is 0. The molecule has 2 amide bonds. The Labute approximate surface area is 125 Å². The number of carbonyl (C=O) groups excluding carboxylic acids is 2. The SMILES string of the molecule is C=COCCCNC(=O)CNCC(=O)NCCCOC=C. The molecular weight excluding hydrogens is 274 g/mol. The Morgan fingerprint density at radius 3 is 1.67 bits per heavy atom. The molecule has 7 nitrogen and oxygen atoms in total. The van der Waals surface area contributed by atoms with Crippen LogP contribution in [0.1, 0.15) is 12.8 Å². The van der Waals surface area contributed by atoms with Crippen molar-refractivity contribution in [1.82, 2.24) is 16.0 Å². The highest BCUT2D eigenvalue weighted by atomic mass is 16.5. The molecule has 7 heteroatoms. The molecule has 0 aromatic carbocycles. The summed E-state index contributed by atoms with van der Waals surface area (Å²) in [6.45, 7) is 9.16. The average Bonchev–Trinajstić information content (AvgIpc) is 2.47. The summed E-state index contributed by atoms with van der Waals surface area (Å²) in [7, 11) is 0. The van der Waals surface area contributed by atoms with Crippen LogP contribution in [0.2, 0.25) is 0 Å². The highest BCUT2D eigenvalue weighted by Crippen LogP contribution is 1.81. The van der Waals surface area contributed by atoms with Crippen LogP contribution < -0.4 is 16.0 Å². The minimum absolute atomic E-state index is 0.106. The molecule has 0 bridgehead atoms. The van der Waals surface area contributed by atoms with E-state index in [-0.39, 0.29) is 24.9 Å². The zero-order valence-corrected chi connectivity index (χ0v) is 12.4. The summed E-state index contributed by atoms with van der Waals surface area (Å²) in [4.78, 5) is 22.8. The van der Waals surface area contributed by atoms with Gasteiger partial charge in [0, 0.05) is 13.1 Å². The minimum Gasteiger partial charge on any atom is -0.502 e. The van der Waals surface area contributed by atoms with E-state index in [0.29, 0.717) is 39.1 Å². The summed E-state index contributed by atoms with van der Waals surface area (Å²) in [5.74, 6) is -0.304. The average molecular weight is 299 g/mol. The molecule has 0 heterocycles. The normalized spacial score (nSPS) is 9.52. The minimum atomic E-state index is -0.152. The molecule has 0 aliphatic rings. The Morgan fingerprint density at radius 1 is 0.857 bits per heavy atom. The van der Waals surface area contributed by atoms with Crippen molar-refractivity contribution in [3.63, 3.8) is 0 Å². The molecule has 0 saturated heterocycles. The zero-order valence-electron chi connectivity index (χ0n) is 12.4. The first-order valence-electron chi connectivity index (χ1n) is 6.89. The summed E-state index contributed by atoms with van der Waals surface area (Å²) >= 11 is 0. The predicted molar refractivity (Wildman–Crippen MR) is 80.4 cm³/mol. The van der Waals surface area contributed by atoms with Gasteiger partial charge in [0.05, 0.1) is 38.8 Å². The quantitative estimate of drug-likeness (QED) is 0.308. The maximum absolute atomic E-state index is 11.4. The van der Waals surface area contributed by atoms with Gasteiger partial charge in [0.2, 0.25) is 11.8 Å².